The number of ether oxygens (including phenoxy) is 3. The fourth-order valence-corrected chi connectivity index (χ4v) is 7.41. The highest BCUT2D eigenvalue weighted by Gasteiger charge is 2.19. The molecule has 0 heterocycles. The zero-order chi connectivity index (χ0) is 50.0. The largest absolute Gasteiger partial charge is 0.462 e. The maximum Gasteiger partial charge on any atom is 0.306 e. The predicted octanol–water partition coefficient (Wildman–Crippen LogP) is 19.1. The molecule has 0 amide bonds. The third-order valence-electron chi connectivity index (χ3n) is 11.7. The molecule has 0 N–H and O–H groups in total. The fraction of sp³-hybridized carbons (Fsp3) is 0.667. The van der Waals surface area contributed by atoms with Crippen molar-refractivity contribution in [1.82, 2.24) is 0 Å². The molecule has 6 heteroatoms. The second-order valence-electron chi connectivity index (χ2n) is 18.5. The highest BCUT2D eigenvalue weighted by atomic mass is 16.6. The van der Waals surface area contributed by atoms with Crippen molar-refractivity contribution >= 4 is 17.9 Å². The summed E-state index contributed by atoms with van der Waals surface area (Å²) in [6, 6.07) is 0. The van der Waals surface area contributed by atoms with Crippen molar-refractivity contribution in [3.05, 3.63) is 109 Å². The van der Waals surface area contributed by atoms with Gasteiger partial charge in [0.1, 0.15) is 13.2 Å². The molecule has 0 aliphatic heterocycles. The lowest BCUT2D eigenvalue weighted by molar-refractivity contribution is -0.167. The Morgan fingerprint density at radius 1 is 0.290 bits per heavy atom. The summed E-state index contributed by atoms with van der Waals surface area (Å²) in [7, 11) is 0. The predicted molar refractivity (Wildman–Crippen MR) is 297 cm³/mol. The Bertz CT molecular complexity index is 1420. The van der Waals surface area contributed by atoms with E-state index in [0.29, 0.717) is 19.3 Å². The van der Waals surface area contributed by atoms with Gasteiger partial charge in [-0.25, -0.2) is 0 Å². The molecule has 0 unspecified atom stereocenters. The van der Waals surface area contributed by atoms with Gasteiger partial charge in [-0.15, -0.1) is 0 Å². The van der Waals surface area contributed by atoms with Crippen LogP contribution in [0.1, 0.15) is 252 Å². The molecule has 0 aliphatic rings. The molecule has 0 rings (SSSR count). The zero-order valence-electron chi connectivity index (χ0n) is 44.8. The van der Waals surface area contributed by atoms with E-state index in [9.17, 15) is 14.4 Å². The van der Waals surface area contributed by atoms with Gasteiger partial charge in [0.05, 0.1) is 0 Å². The summed E-state index contributed by atoms with van der Waals surface area (Å²) in [5.74, 6) is -0.998. The van der Waals surface area contributed by atoms with Crippen molar-refractivity contribution in [2.24, 2.45) is 0 Å². The molecule has 0 bridgehead atoms. The van der Waals surface area contributed by atoms with Gasteiger partial charge in [-0.3, -0.25) is 14.4 Å². The monoisotopic (exact) mass is 957 g/mol. The summed E-state index contributed by atoms with van der Waals surface area (Å²) < 4.78 is 16.8. The van der Waals surface area contributed by atoms with Crippen LogP contribution in [0.2, 0.25) is 0 Å². The van der Waals surface area contributed by atoms with E-state index in [-0.39, 0.29) is 37.5 Å². The Kier molecular flexibility index (Phi) is 53.4. The SMILES string of the molecule is CCCCC/C=C\C/C=C\C/C=C\C/C=C\CCCC(=O)OC[C@H](COC(=O)CCCCCC/C=C\C/C=C\C/C=C\CCCCC)OC(=O)CCCCCCCCC/C=C\C/C=C\CCCCC. The Morgan fingerprint density at radius 3 is 0.870 bits per heavy atom. The molecular formula is C63H104O6. The molecule has 392 valence electrons. The van der Waals surface area contributed by atoms with E-state index >= 15 is 0 Å². The van der Waals surface area contributed by atoms with Crippen molar-refractivity contribution < 1.29 is 28.6 Å². The summed E-state index contributed by atoms with van der Waals surface area (Å²) in [5, 5.41) is 0. The van der Waals surface area contributed by atoms with E-state index in [4.69, 9.17) is 14.2 Å². The third kappa shape index (κ3) is 54.9. The molecule has 0 fully saturated rings. The van der Waals surface area contributed by atoms with Crippen LogP contribution in [0.25, 0.3) is 0 Å². The first-order chi connectivity index (χ1) is 34.0. The Labute approximate surface area is 425 Å². The van der Waals surface area contributed by atoms with Gasteiger partial charge >= 0.3 is 17.9 Å². The number of esters is 3. The smallest absolute Gasteiger partial charge is 0.306 e. The molecule has 0 radical (unpaired) electrons. The van der Waals surface area contributed by atoms with Gasteiger partial charge in [-0.05, 0) is 128 Å². The molecular weight excluding hydrogens is 853 g/mol. The lowest BCUT2D eigenvalue weighted by Gasteiger charge is -2.18. The number of rotatable bonds is 50. The highest BCUT2D eigenvalue weighted by molar-refractivity contribution is 5.71. The summed E-state index contributed by atoms with van der Waals surface area (Å²) in [6.07, 6.45) is 76.4. The lowest BCUT2D eigenvalue weighted by atomic mass is 10.1. The van der Waals surface area contributed by atoms with Gasteiger partial charge < -0.3 is 14.2 Å². The number of hydrogen-bond acceptors (Lipinski definition) is 6. The molecule has 0 spiro atoms. The molecule has 0 aromatic rings. The molecule has 69 heavy (non-hydrogen) atoms. The maximum atomic E-state index is 12.9. The number of carbonyl (C=O) groups excluding carboxylic acids is 3. The maximum absolute atomic E-state index is 12.9. The average molecular weight is 958 g/mol. The van der Waals surface area contributed by atoms with Gasteiger partial charge in [0.2, 0.25) is 0 Å². The van der Waals surface area contributed by atoms with Crippen LogP contribution in [-0.2, 0) is 28.6 Å². The van der Waals surface area contributed by atoms with E-state index in [0.717, 1.165) is 103 Å². The molecule has 0 aromatic heterocycles. The molecule has 0 aliphatic carbocycles. The van der Waals surface area contributed by atoms with E-state index in [1.807, 2.05) is 0 Å². The van der Waals surface area contributed by atoms with Gasteiger partial charge in [0.25, 0.3) is 0 Å². The van der Waals surface area contributed by atoms with Crippen molar-refractivity contribution in [1.29, 1.82) is 0 Å². The topological polar surface area (TPSA) is 78.9 Å². The van der Waals surface area contributed by atoms with E-state index < -0.39 is 6.10 Å². The van der Waals surface area contributed by atoms with Crippen molar-refractivity contribution in [3.63, 3.8) is 0 Å². The highest BCUT2D eigenvalue weighted by Crippen LogP contribution is 2.13. The molecule has 0 aromatic carbocycles. The van der Waals surface area contributed by atoms with Crippen molar-refractivity contribution in [2.45, 2.75) is 258 Å². The van der Waals surface area contributed by atoms with E-state index in [1.165, 1.54) is 103 Å². The second-order valence-corrected chi connectivity index (χ2v) is 18.5. The van der Waals surface area contributed by atoms with Gasteiger partial charge in [0, 0.05) is 19.3 Å². The number of carbonyl (C=O) groups is 3. The van der Waals surface area contributed by atoms with Crippen LogP contribution in [0.3, 0.4) is 0 Å². The quantitative estimate of drug-likeness (QED) is 0.0262. The second kappa shape index (κ2) is 56.7. The van der Waals surface area contributed by atoms with Crippen LogP contribution >= 0.6 is 0 Å². The van der Waals surface area contributed by atoms with Gasteiger partial charge in [-0.2, -0.15) is 0 Å². The number of allylic oxidation sites excluding steroid dienone is 18. The van der Waals surface area contributed by atoms with Crippen LogP contribution in [0.5, 0.6) is 0 Å². The summed E-state index contributed by atoms with van der Waals surface area (Å²) in [5.41, 5.74) is 0. The third-order valence-corrected chi connectivity index (χ3v) is 11.7. The van der Waals surface area contributed by atoms with Crippen molar-refractivity contribution in [2.75, 3.05) is 13.2 Å². The minimum absolute atomic E-state index is 0.112. The lowest BCUT2D eigenvalue weighted by Crippen LogP contribution is -2.30. The Hall–Kier alpha value is -3.93. The first-order valence-electron chi connectivity index (χ1n) is 28.4. The number of unbranched alkanes of at least 4 members (excludes halogenated alkanes) is 21. The minimum Gasteiger partial charge on any atom is -0.462 e. The average Bonchev–Trinajstić information content (AvgIpc) is 3.35. The Balaban J connectivity index is 4.54. The first kappa shape index (κ1) is 65.1. The zero-order valence-corrected chi connectivity index (χ0v) is 44.8. The van der Waals surface area contributed by atoms with E-state index in [1.54, 1.807) is 0 Å². The summed E-state index contributed by atoms with van der Waals surface area (Å²) in [6.45, 7) is 6.48. The van der Waals surface area contributed by atoms with Gasteiger partial charge in [0.15, 0.2) is 6.10 Å². The minimum atomic E-state index is -0.816. The fourth-order valence-electron chi connectivity index (χ4n) is 7.41. The summed E-state index contributed by atoms with van der Waals surface area (Å²) >= 11 is 0. The molecule has 6 nitrogen and oxygen atoms in total. The molecule has 0 saturated carbocycles. The van der Waals surface area contributed by atoms with Crippen LogP contribution in [-0.4, -0.2) is 37.2 Å². The van der Waals surface area contributed by atoms with Gasteiger partial charge in [-0.1, -0.05) is 214 Å². The standard InChI is InChI=1S/C63H104O6/c1-4-7-10-13-16-19-22-25-28-31-34-37-40-43-46-49-52-55-61(64)67-58-60(69-63(66)57-54-51-48-45-42-39-36-33-30-27-24-21-18-15-12-9-6-3)59-68-62(65)56-53-50-47-44-41-38-35-32-29-26-23-20-17-14-11-8-5-2/h16-21,25-30,34-35,37-38,43,46,60H,4-15,22-24,31-33,36,39-42,44-45,47-59H2,1-3H3/b19-16-,20-17-,21-18-,28-25-,29-26-,30-27-,37-34-,38-35-,46-43-/t60-/m1/s1. The number of hydrogen-bond donors (Lipinski definition) is 0. The van der Waals surface area contributed by atoms with Crippen LogP contribution in [0.4, 0.5) is 0 Å². The first-order valence-corrected chi connectivity index (χ1v) is 28.4. The molecule has 1 atom stereocenters. The van der Waals surface area contributed by atoms with Crippen LogP contribution < -0.4 is 0 Å². The summed E-state index contributed by atoms with van der Waals surface area (Å²) in [4.78, 5) is 38.1. The molecule has 0 saturated heterocycles. The van der Waals surface area contributed by atoms with Crippen LogP contribution in [0, 0.1) is 0 Å². The normalized spacial score (nSPS) is 12.9. The van der Waals surface area contributed by atoms with Crippen molar-refractivity contribution in [3.8, 4) is 0 Å². The van der Waals surface area contributed by atoms with E-state index in [2.05, 4.69) is 130 Å². The van der Waals surface area contributed by atoms with Crippen LogP contribution in [0.15, 0.2) is 109 Å². The Morgan fingerprint density at radius 2 is 0.536 bits per heavy atom.